The van der Waals surface area contributed by atoms with Gasteiger partial charge in [-0.05, 0) is 48.0 Å². The molecule has 0 saturated heterocycles. The smallest absolute Gasteiger partial charge is 0.209 e. The molecule has 0 aliphatic rings. The Morgan fingerprint density at radius 3 is 2.79 bits per heavy atom. The first-order chi connectivity index (χ1) is 11.2. The Balaban J connectivity index is 0.00000288. The molecule has 1 heterocycles. The van der Waals surface area contributed by atoms with Crippen LogP contribution in [0, 0.1) is 0 Å². The number of thioether (sulfide) groups is 1. The summed E-state index contributed by atoms with van der Waals surface area (Å²) in [6.07, 6.45) is 1.05. The zero-order valence-corrected chi connectivity index (χ0v) is 15.8. The minimum Gasteiger partial charge on any atom is -0.493 e. The number of benzene rings is 1. The Morgan fingerprint density at radius 1 is 1.29 bits per heavy atom. The summed E-state index contributed by atoms with van der Waals surface area (Å²) in [6, 6.07) is 6.02. The molecular formula is C15H24ClN5O2S. The van der Waals surface area contributed by atoms with E-state index in [-0.39, 0.29) is 12.4 Å². The first kappa shape index (κ1) is 20.5. The van der Waals surface area contributed by atoms with Gasteiger partial charge in [0.25, 0.3) is 0 Å². The Bertz CT molecular complexity index is 611. The van der Waals surface area contributed by atoms with Crippen LogP contribution in [0.3, 0.4) is 0 Å². The van der Waals surface area contributed by atoms with E-state index in [2.05, 4.69) is 26.9 Å². The van der Waals surface area contributed by atoms with Crippen molar-refractivity contribution in [2.75, 3.05) is 26.0 Å². The molecule has 0 unspecified atom stereocenters. The van der Waals surface area contributed by atoms with Gasteiger partial charge in [-0.2, -0.15) is 0 Å². The molecule has 1 aromatic carbocycles. The van der Waals surface area contributed by atoms with Gasteiger partial charge in [0, 0.05) is 19.3 Å². The number of nitrogens with one attached hydrogen (secondary N) is 1. The maximum Gasteiger partial charge on any atom is 0.209 e. The van der Waals surface area contributed by atoms with E-state index in [1.165, 1.54) is 5.56 Å². The van der Waals surface area contributed by atoms with E-state index in [9.17, 15) is 0 Å². The first-order valence-electron chi connectivity index (χ1n) is 7.60. The van der Waals surface area contributed by atoms with Crippen molar-refractivity contribution in [1.82, 2.24) is 25.5 Å². The number of hydrogen-bond acceptors (Lipinski definition) is 7. The highest BCUT2D eigenvalue weighted by Gasteiger charge is 2.05. The molecule has 1 aromatic heterocycles. The maximum atomic E-state index is 5.52. The quantitative estimate of drug-likeness (QED) is 0.506. The van der Waals surface area contributed by atoms with Crippen molar-refractivity contribution >= 4 is 24.2 Å². The molecular weight excluding hydrogens is 350 g/mol. The zero-order chi connectivity index (χ0) is 16.5. The highest BCUT2D eigenvalue weighted by molar-refractivity contribution is 7.99. The van der Waals surface area contributed by atoms with Crippen LogP contribution in [0.15, 0.2) is 23.4 Å². The van der Waals surface area contributed by atoms with Crippen LogP contribution in [-0.2, 0) is 13.6 Å². The van der Waals surface area contributed by atoms with Crippen molar-refractivity contribution in [2.24, 2.45) is 7.05 Å². The summed E-state index contributed by atoms with van der Waals surface area (Å²) < 4.78 is 12.6. The largest absolute Gasteiger partial charge is 0.493 e. The van der Waals surface area contributed by atoms with Crippen LogP contribution < -0.4 is 14.8 Å². The second-order valence-corrected chi connectivity index (χ2v) is 5.94. The molecule has 0 amide bonds. The van der Waals surface area contributed by atoms with Gasteiger partial charge in [-0.15, -0.1) is 17.5 Å². The van der Waals surface area contributed by atoms with Gasteiger partial charge >= 0.3 is 0 Å². The number of aromatic nitrogens is 4. The Labute approximate surface area is 152 Å². The average molecular weight is 374 g/mol. The van der Waals surface area contributed by atoms with Gasteiger partial charge in [0.1, 0.15) is 0 Å². The van der Waals surface area contributed by atoms with Gasteiger partial charge in [0.15, 0.2) is 11.5 Å². The number of rotatable bonds is 10. The molecule has 0 bridgehead atoms. The molecule has 0 spiro atoms. The lowest BCUT2D eigenvalue weighted by atomic mass is 10.2. The summed E-state index contributed by atoms with van der Waals surface area (Å²) in [7, 11) is 3.51. The predicted octanol–water partition coefficient (Wildman–Crippen LogP) is 2.31. The number of tetrazole rings is 1. The van der Waals surface area contributed by atoms with Crippen LogP contribution in [0.25, 0.3) is 0 Å². The summed E-state index contributed by atoms with van der Waals surface area (Å²) in [5.41, 5.74) is 1.18. The van der Waals surface area contributed by atoms with Crippen molar-refractivity contribution in [3.63, 3.8) is 0 Å². The molecule has 24 heavy (non-hydrogen) atoms. The number of nitrogens with zero attached hydrogens (tertiary/aromatic N) is 4. The van der Waals surface area contributed by atoms with Crippen LogP contribution in [0.1, 0.15) is 18.9 Å². The molecule has 0 atom stereocenters. The predicted molar refractivity (Wildman–Crippen MR) is 97.3 cm³/mol. The van der Waals surface area contributed by atoms with Gasteiger partial charge in [-0.25, -0.2) is 4.68 Å². The third-order valence-electron chi connectivity index (χ3n) is 3.17. The molecule has 0 aliphatic heterocycles. The van der Waals surface area contributed by atoms with E-state index in [0.717, 1.165) is 41.9 Å². The number of hydrogen-bond donors (Lipinski definition) is 1. The van der Waals surface area contributed by atoms with E-state index in [1.54, 1.807) is 23.6 Å². The molecule has 7 nitrogen and oxygen atoms in total. The minimum atomic E-state index is 0. The minimum absolute atomic E-state index is 0. The molecule has 0 radical (unpaired) electrons. The molecule has 1 N–H and O–H groups in total. The number of ether oxygens (including phenoxy) is 2. The van der Waals surface area contributed by atoms with Crippen LogP contribution in [0.4, 0.5) is 0 Å². The number of methoxy groups -OCH3 is 1. The SMILES string of the molecule is CCOc1ccc(CNCCCSc2nnnn2C)cc1OC.Cl. The number of halogens is 1. The normalized spacial score (nSPS) is 10.3. The second kappa shape index (κ2) is 11.1. The summed E-state index contributed by atoms with van der Waals surface area (Å²) in [6.45, 7) is 4.34. The lowest BCUT2D eigenvalue weighted by Gasteiger charge is -2.11. The molecule has 0 fully saturated rings. The molecule has 134 valence electrons. The topological polar surface area (TPSA) is 74.1 Å². The van der Waals surface area contributed by atoms with Crippen molar-refractivity contribution in [2.45, 2.75) is 25.0 Å². The molecule has 2 aromatic rings. The molecule has 0 saturated carbocycles. The molecule has 9 heteroatoms. The fourth-order valence-electron chi connectivity index (χ4n) is 2.03. The Hall–Kier alpha value is -1.51. The van der Waals surface area contributed by atoms with Crippen LogP contribution in [0.2, 0.25) is 0 Å². The summed E-state index contributed by atoms with van der Waals surface area (Å²) in [4.78, 5) is 0. The third-order valence-corrected chi connectivity index (χ3v) is 4.26. The molecule has 0 aliphatic carbocycles. The van der Waals surface area contributed by atoms with E-state index in [0.29, 0.717) is 6.61 Å². The Morgan fingerprint density at radius 2 is 2.12 bits per heavy atom. The highest BCUT2D eigenvalue weighted by Crippen LogP contribution is 2.27. The number of aryl methyl sites for hydroxylation is 1. The maximum absolute atomic E-state index is 5.52. The highest BCUT2D eigenvalue weighted by atomic mass is 35.5. The van der Waals surface area contributed by atoms with E-state index in [1.807, 2.05) is 26.1 Å². The van der Waals surface area contributed by atoms with Gasteiger partial charge in [-0.3, -0.25) is 0 Å². The van der Waals surface area contributed by atoms with E-state index >= 15 is 0 Å². The summed E-state index contributed by atoms with van der Waals surface area (Å²) in [5, 5.41) is 15.6. The van der Waals surface area contributed by atoms with Gasteiger partial charge in [0.05, 0.1) is 13.7 Å². The van der Waals surface area contributed by atoms with Gasteiger partial charge in [-0.1, -0.05) is 17.8 Å². The standard InChI is InChI=1S/C15H23N5O2S.ClH/c1-4-22-13-7-6-12(10-14(13)21-3)11-16-8-5-9-23-15-17-18-19-20(15)2;/h6-7,10,16H,4-5,8-9,11H2,1-3H3;1H. The zero-order valence-electron chi connectivity index (χ0n) is 14.2. The Kier molecular flexibility index (Phi) is 9.51. The van der Waals surface area contributed by atoms with Crippen molar-refractivity contribution < 1.29 is 9.47 Å². The van der Waals surface area contributed by atoms with Crippen molar-refractivity contribution in [3.8, 4) is 11.5 Å². The lowest BCUT2D eigenvalue weighted by Crippen LogP contribution is -2.15. The van der Waals surface area contributed by atoms with Crippen LogP contribution >= 0.6 is 24.2 Å². The summed E-state index contributed by atoms with van der Waals surface area (Å²) in [5.74, 6) is 2.54. The van der Waals surface area contributed by atoms with Gasteiger partial charge in [0.2, 0.25) is 5.16 Å². The third kappa shape index (κ3) is 6.18. The fraction of sp³-hybridized carbons (Fsp3) is 0.533. The van der Waals surface area contributed by atoms with E-state index in [4.69, 9.17) is 9.47 Å². The summed E-state index contributed by atoms with van der Waals surface area (Å²) >= 11 is 1.66. The average Bonchev–Trinajstić information content (AvgIpc) is 2.97. The molecule has 2 rings (SSSR count). The van der Waals surface area contributed by atoms with Crippen molar-refractivity contribution in [3.05, 3.63) is 23.8 Å². The van der Waals surface area contributed by atoms with Crippen LogP contribution in [-0.4, -0.2) is 46.2 Å². The van der Waals surface area contributed by atoms with Crippen LogP contribution in [0.5, 0.6) is 11.5 Å². The fourth-order valence-corrected chi connectivity index (χ4v) is 2.82. The second-order valence-electron chi connectivity index (χ2n) is 4.88. The van der Waals surface area contributed by atoms with Gasteiger partial charge < -0.3 is 14.8 Å². The monoisotopic (exact) mass is 373 g/mol. The van der Waals surface area contributed by atoms with Crippen molar-refractivity contribution in [1.29, 1.82) is 0 Å². The van der Waals surface area contributed by atoms with E-state index < -0.39 is 0 Å². The lowest BCUT2D eigenvalue weighted by molar-refractivity contribution is 0.310. The first-order valence-corrected chi connectivity index (χ1v) is 8.58.